The summed E-state index contributed by atoms with van der Waals surface area (Å²) in [6, 6.07) is 13.4. The molecule has 6 rings (SSSR count). The van der Waals surface area contributed by atoms with Gasteiger partial charge >= 0.3 is 0 Å². The second-order valence-corrected chi connectivity index (χ2v) is 9.87. The number of morpholine rings is 1. The number of benzene rings is 2. The van der Waals surface area contributed by atoms with E-state index in [9.17, 15) is 4.79 Å². The van der Waals surface area contributed by atoms with Crippen molar-refractivity contribution in [1.29, 1.82) is 0 Å². The zero-order chi connectivity index (χ0) is 26.1. The van der Waals surface area contributed by atoms with Crippen LogP contribution in [-0.4, -0.2) is 61.4 Å². The second kappa shape index (κ2) is 10.6. The summed E-state index contributed by atoms with van der Waals surface area (Å²) in [6.07, 6.45) is 2.00. The van der Waals surface area contributed by atoms with Crippen molar-refractivity contribution in [3.8, 4) is 17.0 Å². The molecule has 0 unspecified atom stereocenters. The molecule has 196 valence electrons. The van der Waals surface area contributed by atoms with Gasteiger partial charge in [0.15, 0.2) is 0 Å². The zero-order valence-electron chi connectivity index (χ0n) is 20.7. The van der Waals surface area contributed by atoms with Crippen molar-refractivity contribution < 1.29 is 14.3 Å². The molecule has 0 bridgehead atoms. The Labute approximate surface area is 224 Å². The first kappa shape index (κ1) is 24.6. The van der Waals surface area contributed by atoms with Crippen molar-refractivity contribution in [2.75, 3.05) is 44.3 Å². The number of nitrogens with zero attached hydrogens (tertiary/aromatic N) is 4. The van der Waals surface area contributed by atoms with Crippen molar-refractivity contribution in [1.82, 2.24) is 15.3 Å². The molecule has 2 aromatic heterocycles. The molecule has 4 aromatic rings. The van der Waals surface area contributed by atoms with Gasteiger partial charge in [-0.1, -0.05) is 21.9 Å². The number of amides is 1. The number of nitrogens with two attached hydrogens (primary N) is 1. The number of piperidine rings is 1. The molecule has 1 amide bonds. The fraction of sp³-hybridized carbons (Fsp3) is 0.333. The summed E-state index contributed by atoms with van der Waals surface area (Å²) in [7, 11) is 0. The van der Waals surface area contributed by atoms with Crippen LogP contribution in [0.15, 0.2) is 52.8 Å². The summed E-state index contributed by atoms with van der Waals surface area (Å²) in [5.41, 5.74) is 4.86. The summed E-state index contributed by atoms with van der Waals surface area (Å²) < 4.78 is 11.6. The number of aromatic nitrogens is 2. The second-order valence-electron chi connectivity index (χ2n) is 9.47. The van der Waals surface area contributed by atoms with Gasteiger partial charge in [-0.15, -0.1) is 0 Å². The van der Waals surface area contributed by atoms with E-state index in [4.69, 9.17) is 31.9 Å². The van der Waals surface area contributed by atoms with Gasteiger partial charge in [-0.3, -0.25) is 4.79 Å². The van der Waals surface area contributed by atoms with Crippen molar-refractivity contribution in [3.63, 3.8) is 0 Å². The number of hydrogen-bond acceptors (Lipinski definition) is 7. The van der Waals surface area contributed by atoms with Gasteiger partial charge in [-0.25, -0.2) is 4.98 Å². The monoisotopic (exact) mass is 533 g/mol. The topological polar surface area (TPSA) is 130 Å². The van der Waals surface area contributed by atoms with Gasteiger partial charge < -0.3 is 30.5 Å². The number of hydrogen-bond donors (Lipinski definition) is 3. The lowest BCUT2D eigenvalue weighted by Gasteiger charge is -2.28. The third-order valence-corrected chi connectivity index (χ3v) is 7.40. The van der Waals surface area contributed by atoms with E-state index in [1.165, 1.54) is 0 Å². The van der Waals surface area contributed by atoms with Crippen molar-refractivity contribution in [3.05, 3.63) is 53.1 Å². The van der Waals surface area contributed by atoms with E-state index >= 15 is 0 Å². The number of aromatic amines is 1. The molecule has 2 aliphatic heterocycles. The minimum absolute atomic E-state index is 0.133. The maximum absolute atomic E-state index is 12.9. The number of halogens is 1. The fourth-order valence-corrected chi connectivity index (χ4v) is 5.36. The summed E-state index contributed by atoms with van der Waals surface area (Å²) in [4.78, 5) is 23.5. The Morgan fingerprint density at radius 2 is 1.95 bits per heavy atom. The number of fused-ring (bicyclic) bond motifs is 3. The molecular weight excluding hydrogens is 506 g/mol. The number of carbonyl (C=O) groups is 1. The van der Waals surface area contributed by atoms with Crippen LogP contribution in [0.4, 0.5) is 5.69 Å². The predicted octanol–water partition coefficient (Wildman–Crippen LogP) is 4.47. The number of pyridine rings is 1. The number of ether oxygens (including phenoxy) is 2. The van der Waals surface area contributed by atoms with Crippen LogP contribution in [-0.2, 0) is 4.74 Å². The van der Waals surface area contributed by atoms with Crippen molar-refractivity contribution in [2.24, 2.45) is 16.2 Å². The first-order chi connectivity index (χ1) is 18.6. The van der Waals surface area contributed by atoms with Crippen LogP contribution in [0.25, 0.3) is 33.2 Å². The molecule has 0 aliphatic carbocycles. The van der Waals surface area contributed by atoms with E-state index in [1.807, 2.05) is 24.3 Å². The third kappa shape index (κ3) is 4.78. The molecule has 0 atom stereocenters. The van der Waals surface area contributed by atoms with E-state index in [-0.39, 0.29) is 6.10 Å². The minimum atomic E-state index is -0.557. The summed E-state index contributed by atoms with van der Waals surface area (Å²) in [5, 5.41) is 11.5. The van der Waals surface area contributed by atoms with E-state index < -0.39 is 5.91 Å². The molecular formula is C27H28ClN7O3. The lowest BCUT2D eigenvalue weighted by Crippen LogP contribution is -2.36. The fourth-order valence-electron chi connectivity index (χ4n) is 5.13. The largest absolute Gasteiger partial charge is 0.489 e. The van der Waals surface area contributed by atoms with Gasteiger partial charge in [0, 0.05) is 29.7 Å². The SMILES string of the molecule is NN=NC(=O)c1cc(-c2ccc(OC3CCNCC3)c(Cl)c2)nc2c1[nH]c1cc(N3CCOCC3)ccc12. The van der Waals surface area contributed by atoms with E-state index in [0.29, 0.717) is 46.3 Å². The Kier molecular flexibility index (Phi) is 6.84. The molecule has 10 nitrogen and oxygen atoms in total. The summed E-state index contributed by atoms with van der Waals surface area (Å²) in [5.74, 6) is 5.29. The molecule has 38 heavy (non-hydrogen) atoms. The Morgan fingerprint density at radius 1 is 1.13 bits per heavy atom. The normalized spacial score (nSPS) is 17.0. The highest BCUT2D eigenvalue weighted by molar-refractivity contribution is 6.32. The number of anilines is 1. The van der Waals surface area contributed by atoms with Crippen LogP contribution in [0.1, 0.15) is 23.2 Å². The Bertz CT molecular complexity index is 1520. The Morgan fingerprint density at radius 3 is 2.71 bits per heavy atom. The standard InChI is InChI=1S/C27H28ClN7O3/c28-21-13-16(1-4-24(21)38-18-5-7-30-8-6-18)22-15-20(27(36)33-34-29)26-25(31-22)19-3-2-17(14-23(19)32-26)35-9-11-37-12-10-35/h1-4,13-15,18,30,32H,5-12H2,(H2,29,33,36). The van der Waals surface area contributed by atoms with Crippen LogP contribution in [0.5, 0.6) is 5.75 Å². The van der Waals surface area contributed by atoms with Gasteiger partial charge in [0.25, 0.3) is 5.91 Å². The van der Waals surface area contributed by atoms with Gasteiger partial charge in [0.05, 0.1) is 46.0 Å². The highest BCUT2D eigenvalue weighted by Gasteiger charge is 2.21. The quantitative estimate of drug-likeness (QED) is 0.196. The lowest BCUT2D eigenvalue weighted by atomic mass is 10.1. The number of carbonyl (C=O) groups excluding carboxylic acids is 1. The minimum Gasteiger partial charge on any atom is -0.489 e. The van der Waals surface area contributed by atoms with Crippen LogP contribution in [0, 0.1) is 0 Å². The third-order valence-electron chi connectivity index (χ3n) is 7.10. The lowest BCUT2D eigenvalue weighted by molar-refractivity contribution is 0.0995. The highest BCUT2D eigenvalue weighted by Crippen LogP contribution is 2.35. The molecule has 0 spiro atoms. The van der Waals surface area contributed by atoms with Crippen LogP contribution in [0.3, 0.4) is 0 Å². The Hall–Kier alpha value is -3.73. The average molecular weight is 534 g/mol. The maximum Gasteiger partial charge on any atom is 0.299 e. The first-order valence-electron chi connectivity index (χ1n) is 12.7. The number of H-pyrrole nitrogens is 1. The van der Waals surface area contributed by atoms with E-state index in [1.54, 1.807) is 6.07 Å². The zero-order valence-corrected chi connectivity index (χ0v) is 21.5. The molecule has 2 fully saturated rings. The van der Waals surface area contributed by atoms with Gasteiger partial charge in [-0.2, -0.15) is 0 Å². The highest BCUT2D eigenvalue weighted by atomic mass is 35.5. The van der Waals surface area contributed by atoms with Gasteiger partial charge in [0.1, 0.15) is 11.9 Å². The molecule has 2 saturated heterocycles. The molecule has 0 radical (unpaired) electrons. The number of nitrogens with one attached hydrogen (secondary N) is 2. The van der Waals surface area contributed by atoms with Crippen molar-refractivity contribution >= 4 is 45.1 Å². The van der Waals surface area contributed by atoms with E-state index in [0.717, 1.165) is 61.2 Å². The number of rotatable bonds is 5. The summed E-state index contributed by atoms with van der Waals surface area (Å²) >= 11 is 6.63. The van der Waals surface area contributed by atoms with Crippen molar-refractivity contribution in [2.45, 2.75) is 18.9 Å². The average Bonchev–Trinajstić information content (AvgIpc) is 3.32. The summed E-state index contributed by atoms with van der Waals surface area (Å²) in [6.45, 7) is 4.91. The Balaban J connectivity index is 1.41. The molecule has 2 aliphatic rings. The molecule has 11 heteroatoms. The van der Waals surface area contributed by atoms with Gasteiger partial charge in [0.2, 0.25) is 0 Å². The molecule has 2 aromatic carbocycles. The maximum atomic E-state index is 12.9. The molecule has 0 saturated carbocycles. The van der Waals surface area contributed by atoms with Crippen LogP contribution in [0.2, 0.25) is 5.02 Å². The molecule has 4 heterocycles. The predicted molar refractivity (Wildman–Crippen MR) is 147 cm³/mol. The molecule has 4 N–H and O–H groups in total. The first-order valence-corrected chi connectivity index (χ1v) is 13.1. The van der Waals surface area contributed by atoms with Gasteiger partial charge in [-0.05, 0) is 68.4 Å². The van der Waals surface area contributed by atoms with Crippen LogP contribution >= 0.6 is 11.6 Å². The van der Waals surface area contributed by atoms with Crippen LogP contribution < -0.4 is 20.8 Å². The smallest absolute Gasteiger partial charge is 0.299 e. The van der Waals surface area contributed by atoms with E-state index in [2.05, 4.69) is 37.7 Å².